The van der Waals surface area contributed by atoms with Gasteiger partial charge in [-0.05, 0) is 19.8 Å². The monoisotopic (exact) mass is 446 g/mol. The Kier molecular flexibility index (Phi) is 12.2. The van der Waals surface area contributed by atoms with Crippen LogP contribution >= 0.6 is 0 Å². The van der Waals surface area contributed by atoms with E-state index >= 15 is 0 Å². The summed E-state index contributed by atoms with van der Waals surface area (Å²) in [5, 5.41) is 24.7. The van der Waals surface area contributed by atoms with Gasteiger partial charge in [-0.1, -0.05) is 0 Å². The summed E-state index contributed by atoms with van der Waals surface area (Å²) in [6.07, 6.45) is -0.0758. The van der Waals surface area contributed by atoms with Crippen molar-refractivity contribution in [3.8, 4) is 0 Å². The van der Waals surface area contributed by atoms with Crippen molar-refractivity contribution in [3.63, 3.8) is 0 Å². The van der Waals surface area contributed by atoms with Gasteiger partial charge in [-0.25, -0.2) is 0 Å². The maximum atomic E-state index is 12.4. The van der Waals surface area contributed by atoms with Crippen LogP contribution in [0, 0.1) is 0 Å². The van der Waals surface area contributed by atoms with E-state index in [4.69, 9.17) is 28.0 Å². The van der Waals surface area contributed by atoms with Crippen molar-refractivity contribution in [3.05, 3.63) is 0 Å². The van der Waals surface area contributed by atoms with Crippen LogP contribution in [-0.4, -0.2) is 83.1 Å². The van der Waals surface area contributed by atoms with Crippen LogP contribution in [0.3, 0.4) is 0 Å². The average molecular weight is 446 g/mol. The molecule has 0 radical (unpaired) electrons. The minimum atomic E-state index is -1.52. The van der Waals surface area contributed by atoms with Crippen LogP contribution < -0.4 is 38.9 Å². The SMILES string of the molecule is CC(NC(=O)C(CC(N)=O)NC(=O)C(CO)NC(=O)C(N)CCCN=C(N)N)C(=O)O. The van der Waals surface area contributed by atoms with E-state index in [1.807, 2.05) is 0 Å². The quantitative estimate of drug-likeness (QED) is 0.0694. The zero-order valence-corrected chi connectivity index (χ0v) is 17.0. The lowest BCUT2D eigenvalue weighted by Gasteiger charge is -2.23. The fraction of sp³-hybridized carbons (Fsp3) is 0.625. The number of aliphatic hydroxyl groups excluding tert-OH is 1. The Hall–Kier alpha value is -3.46. The number of rotatable bonds is 14. The predicted molar refractivity (Wildman–Crippen MR) is 108 cm³/mol. The van der Waals surface area contributed by atoms with Gasteiger partial charge in [0.15, 0.2) is 5.96 Å². The van der Waals surface area contributed by atoms with E-state index in [2.05, 4.69) is 20.9 Å². The Bertz CT molecular complexity index is 695. The number of nitrogens with two attached hydrogens (primary N) is 4. The maximum Gasteiger partial charge on any atom is 0.325 e. The van der Waals surface area contributed by atoms with E-state index < -0.39 is 66.8 Å². The summed E-state index contributed by atoms with van der Waals surface area (Å²) in [6, 6.07) is -5.34. The second-order valence-electron chi connectivity index (χ2n) is 6.60. The number of aliphatic hydroxyl groups is 1. The van der Waals surface area contributed by atoms with Crippen LogP contribution in [0.4, 0.5) is 0 Å². The highest BCUT2D eigenvalue weighted by atomic mass is 16.4. The molecule has 0 aliphatic heterocycles. The van der Waals surface area contributed by atoms with Crippen LogP contribution in [0.15, 0.2) is 4.99 Å². The molecule has 0 aromatic carbocycles. The van der Waals surface area contributed by atoms with Gasteiger partial charge in [0.2, 0.25) is 23.6 Å². The van der Waals surface area contributed by atoms with Crippen LogP contribution in [-0.2, 0) is 24.0 Å². The highest BCUT2D eigenvalue weighted by molar-refractivity contribution is 5.96. The molecule has 0 saturated carbocycles. The Morgan fingerprint density at radius 2 is 1.48 bits per heavy atom. The lowest BCUT2D eigenvalue weighted by Crippen LogP contribution is -2.58. The summed E-state index contributed by atoms with van der Waals surface area (Å²) < 4.78 is 0. The molecule has 13 N–H and O–H groups in total. The van der Waals surface area contributed by atoms with Crippen molar-refractivity contribution >= 4 is 35.6 Å². The number of nitrogens with zero attached hydrogens (tertiary/aromatic N) is 1. The Labute approximate surface area is 178 Å². The van der Waals surface area contributed by atoms with Gasteiger partial charge in [0.05, 0.1) is 19.1 Å². The van der Waals surface area contributed by atoms with Crippen molar-refractivity contribution in [1.82, 2.24) is 16.0 Å². The Morgan fingerprint density at radius 3 is 1.97 bits per heavy atom. The minimum Gasteiger partial charge on any atom is -0.480 e. The number of amides is 4. The first-order valence-corrected chi connectivity index (χ1v) is 9.23. The number of aliphatic imine (C=N–C) groups is 1. The summed E-state index contributed by atoms with van der Waals surface area (Å²) in [5.41, 5.74) is 21.1. The Balaban J connectivity index is 4.98. The van der Waals surface area contributed by atoms with Gasteiger partial charge in [0.1, 0.15) is 18.1 Å². The largest absolute Gasteiger partial charge is 0.480 e. The smallest absolute Gasteiger partial charge is 0.325 e. The molecule has 0 heterocycles. The van der Waals surface area contributed by atoms with E-state index in [9.17, 15) is 29.1 Å². The number of hydrogen-bond donors (Lipinski definition) is 9. The molecule has 0 bridgehead atoms. The molecular formula is C16H30N8O7. The van der Waals surface area contributed by atoms with Gasteiger partial charge in [0.25, 0.3) is 0 Å². The van der Waals surface area contributed by atoms with Gasteiger partial charge in [-0.3, -0.25) is 29.0 Å². The zero-order chi connectivity index (χ0) is 24.1. The number of carbonyl (C=O) groups is 5. The fourth-order valence-electron chi connectivity index (χ4n) is 2.18. The van der Waals surface area contributed by atoms with Crippen LogP contribution in [0.1, 0.15) is 26.2 Å². The third-order valence-corrected chi connectivity index (χ3v) is 3.89. The molecule has 4 amide bonds. The van der Waals surface area contributed by atoms with Crippen molar-refractivity contribution < 1.29 is 34.2 Å². The van der Waals surface area contributed by atoms with E-state index in [1.165, 1.54) is 6.92 Å². The number of carboxylic acids is 1. The number of nitrogens with one attached hydrogen (secondary N) is 3. The molecule has 4 atom stereocenters. The molecule has 0 aliphatic carbocycles. The molecule has 4 unspecified atom stereocenters. The van der Waals surface area contributed by atoms with Gasteiger partial charge in [-0.2, -0.15) is 0 Å². The summed E-state index contributed by atoms with van der Waals surface area (Å²) in [7, 11) is 0. The number of primary amides is 1. The first kappa shape index (κ1) is 27.5. The van der Waals surface area contributed by atoms with Gasteiger partial charge < -0.3 is 49.1 Å². The average Bonchev–Trinajstić information content (AvgIpc) is 2.67. The van der Waals surface area contributed by atoms with Gasteiger partial charge >= 0.3 is 5.97 Å². The fourth-order valence-corrected chi connectivity index (χ4v) is 2.18. The zero-order valence-electron chi connectivity index (χ0n) is 17.0. The highest BCUT2D eigenvalue weighted by Gasteiger charge is 2.30. The second kappa shape index (κ2) is 13.7. The van der Waals surface area contributed by atoms with E-state index in [0.717, 1.165) is 0 Å². The molecule has 0 rings (SSSR count). The number of guanidine groups is 1. The number of aliphatic carboxylic acids is 1. The van der Waals surface area contributed by atoms with Crippen molar-refractivity contribution in [2.24, 2.45) is 27.9 Å². The molecule has 15 heteroatoms. The first-order chi connectivity index (χ1) is 14.4. The lowest BCUT2D eigenvalue weighted by atomic mass is 10.1. The molecule has 176 valence electrons. The molecule has 0 aromatic rings. The van der Waals surface area contributed by atoms with Crippen LogP contribution in [0.5, 0.6) is 0 Å². The van der Waals surface area contributed by atoms with E-state index in [1.54, 1.807) is 0 Å². The van der Waals surface area contributed by atoms with E-state index in [0.29, 0.717) is 6.42 Å². The molecule has 0 aromatic heterocycles. The number of carbonyl (C=O) groups excluding carboxylic acids is 4. The van der Waals surface area contributed by atoms with Crippen molar-refractivity contribution in [1.29, 1.82) is 0 Å². The lowest BCUT2D eigenvalue weighted by molar-refractivity contribution is -0.142. The number of hydrogen-bond acceptors (Lipinski definition) is 8. The minimum absolute atomic E-state index is 0.109. The van der Waals surface area contributed by atoms with Gasteiger partial charge in [0, 0.05) is 6.54 Å². The van der Waals surface area contributed by atoms with Gasteiger partial charge in [-0.15, -0.1) is 0 Å². The normalized spacial score (nSPS) is 14.3. The molecule has 0 spiro atoms. The standard InChI is InChI=1S/C16H30N8O7/c1-7(15(30)31)22-13(28)9(5-11(18)26)23-14(29)10(6-25)24-12(27)8(17)3-2-4-21-16(19)20/h7-10,25H,2-6,17H2,1H3,(H2,18,26)(H,22,28)(H,23,29)(H,24,27)(H,30,31)(H4,19,20,21). The van der Waals surface area contributed by atoms with E-state index in [-0.39, 0.29) is 18.9 Å². The summed E-state index contributed by atoms with van der Waals surface area (Å²) in [6.45, 7) is 0.579. The summed E-state index contributed by atoms with van der Waals surface area (Å²) >= 11 is 0. The topological polar surface area (TPSA) is 278 Å². The van der Waals surface area contributed by atoms with Crippen LogP contribution in [0.25, 0.3) is 0 Å². The predicted octanol–water partition coefficient (Wildman–Crippen LogP) is -5.21. The van der Waals surface area contributed by atoms with Crippen LogP contribution in [0.2, 0.25) is 0 Å². The number of carboxylic acid groups (broad SMARTS) is 1. The maximum absolute atomic E-state index is 12.4. The molecule has 15 nitrogen and oxygen atoms in total. The molecule has 0 fully saturated rings. The van der Waals surface area contributed by atoms with Crippen molar-refractivity contribution in [2.75, 3.05) is 13.2 Å². The molecular weight excluding hydrogens is 416 g/mol. The summed E-state index contributed by atoms with van der Waals surface area (Å²) in [5.74, 6) is -5.14. The molecule has 31 heavy (non-hydrogen) atoms. The third kappa shape index (κ3) is 11.3. The van der Waals surface area contributed by atoms with Crippen molar-refractivity contribution in [2.45, 2.75) is 50.4 Å². The first-order valence-electron chi connectivity index (χ1n) is 9.23. The third-order valence-electron chi connectivity index (χ3n) is 3.89. The highest BCUT2D eigenvalue weighted by Crippen LogP contribution is 1.99. The second-order valence-corrected chi connectivity index (χ2v) is 6.60. The molecule has 0 aliphatic rings. The summed E-state index contributed by atoms with van der Waals surface area (Å²) in [4.78, 5) is 62.5. The Morgan fingerprint density at radius 1 is 0.935 bits per heavy atom. The molecule has 0 saturated heterocycles.